The van der Waals surface area contributed by atoms with Crippen molar-refractivity contribution >= 4 is 26.8 Å². The van der Waals surface area contributed by atoms with Crippen molar-refractivity contribution < 1.29 is 13.2 Å². The zero-order valence-corrected chi connectivity index (χ0v) is 18.6. The molecule has 6 nitrogen and oxygen atoms in total. The van der Waals surface area contributed by atoms with Gasteiger partial charge in [0, 0.05) is 24.7 Å². The highest BCUT2D eigenvalue weighted by Gasteiger charge is 2.29. The highest BCUT2D eigenvalue weighted by Crippen LogP contribution is 2.37. The van der Waals surface area contributed by atoms with Crippen LogP contribution in [-0.4, -0.2) is 42.5 Å². The molecule has 2 aromatic carbocycles. The van der Waals surface area contributed by atoms with E-state index < -0.39 is 15.9 Å². The lowest BCUT2D eigenvalue weighted by Gasteiger charge is -2.31. The third kappa shape index (κ3) is 4.38. The predicted molar refractivity (Wildman–Crippen MR) is 124 cm³/mol. The van der Waals surface area contributed by atoms with E-state index in [0.717, 1.165) is 46.9 Å². The van der Waals surface area contributed by atoms with Gasteiger partial charge >= 0.3 is 0 Å². The summed E-state index contributed by atoms with van der Waals surface area (Å²) in [5, 5.41) is 0.988. The number of carbonyl (C=O) groups excluding carboxylic acids is 1. The van der Waals surface area contributed by atoms with Crippen molar-refractivity contribution in [1.29, 1.82) is 0 Å². The molecule has 1 aliphatic rings. The average Bonchev–Trinajstić information content (AvgIpc) is 3.21. The third-order valence-electron chi connectivity index (χ3n) is 6.24. The number of hydrogen-bond acceptors (Lipinski definition) is 3. The maximum Gasteiger partial charge on any atom is 0.250 e. The Morgan fingerprint density at radius 1 is 1.13 bits per heavy atom. The number of aromatic nitrogens is 1. The van der Waals surface area contributed by atoms with Crippen molar-refractivity contribution in [3.63, 3.8) is 0 Å². The monoisotopic (exact) mass is 439 g/mol. The van der Waals surface area contributed by atoms with E-state index in [-0.39, 0.29) is 11.7 Å². The second kappa shape index (κ2) is 8.85. The van der Waals surface area contributed by atoms with Gasteiger partial charge in [-0.25, -0.2) is 12.7 Å². The molecule has 3 N–H and O–H groups in total. The number of sulfonamides is 1. The number of piperidine rings is 1. The van der Waals surface area contributed by atoms with Gasteiger partial charge in [-0.3, -0.25) is 4.79 Å². The number of H-pyrrole nitrogens is 1. The number of benzene rings is 2. The largest absolute Gasteiger partial charge is 0.366 e. The minimum absolute atomic E-state index is 0.226. The zero-order chi connectivity index (χ0) is 22.0. The molecule has 0 spiro atoms. The SMILES string of the molecule is CCCCS(=O)(=O)N1CCC(c2c[nH]c3c(C(N)=O)cc(-c4ccccc4)cc23)CC1. The Morgan fingerprint density at radius 2 is 1.84 bits per heavy atom. The Bertz CT molecular complexity index is 1180. The standard InChI is InChI=1S/C24H29N3O3S/c1-2-3-13-31(29,30)27-11-9-18(10-12-27)22-16-26-23-20(22)14-19(15-21(23)24(25)28)17-7-5-4-6-8-17/h4-8,14-16,18,26H,2-3,9-13H2,1H3,(H2,25,28). The quantitative estimate of drug-likeness (QED) is 0.576. The van der Waals surface area contributed by atoms with Crippen LogP contribution in [-0.2, 0) is 10.0 Å². The molecule has 0 unspecified atom stereocenters. The number of unbranched alkanes of at least 4 members (excludes halogenated alkanes) is 1. The number of primary amides is 1. The first-order valence-electron chi connectivity index (χ1n) is 10.9. The molecule has 0 bridgehead atoms. The van der Waals surface area contributed by atoms with Gasteiger partial charge in [-0.15, -0.1) is 0 Å². The van der Waals surface area contributed by atoms with Crippen molar-refractivity contribution in [3.8, 4) is 11.1 Å². The topological polar surface area (TPSA) is 96.3 Å². The third-order valence-corrected chi connectivity index (χ3v) is 8.19. The van der Waals surface area contributed by atoms with E-state index in [2.05, 4.69) is 11.1 Å². The molecule has 7 heteroatoms. The van der Waals surface area contributed by atoms with Crippen LogP contribution < -0.4 is 5.73 Å². The molecule has 1 fully saturated rings. The molecular formula is C24H29N3O3S. The van der Waals surface area contributed by atoms with E-state index in [9.17, 15) is 13.2 Å². The van der Waals surface area contributed by atoms with Crippen molar-refractivity contribution in [2.45, 2.75) is 38.5 Å². The summed E-state index contributed by atoms with van der Waals surface area (Å²) in [5.41, 5.74) is 10.0. The van der Waals surface area contributed by atoms with E-state index >= 15 is 0 Å². The van der Waals surface area contributed by atoms with Gasteiger partial charge < -0.3 is 10.7 Å². The molecule has 4 rings (SSSR count). The van der Waals surface area contributed by atoms with Crippen molar-refractivity contribution in [2.24, 2.45) is 5.73 Å². The summed E-state index contributed by atoms with van der Waals surface area (Å²) in [4.78, 5) is 15.4. The Hall–Kier alpha value is -2.64. The number of rotatable bonds is 7. The number of nitrogens with zero attached hydrogens (tertiary/aromatic N) is 1. The number of nitrogens with two attached hydrogens (primary N) is 1. The summed E-state index contributed by atoms with van der Waals surface area (Å²) in [6.07, 6.45) is 5.05. The lowest BCUT2D eigenvalue weighted by molar-refractivity contribution is 0.100. The molecule has 1 aromatic heterocycles. The minimum atomic E-state index is -3.18. The van der Waals surface area contributed by atoms with Gasteiger partial charge in [0.2, 0.25) is 10.0 Å². The minimum Gasteiger partial charge on any atom is -0.366 e. The number of nitrogens with one attached hydrogen (secondary N) is 1. The van der Waals surface area contributed by atoms with Crippen LogP contribution in [0.2, 0.25) is 0 Å². The summed E-state index contributed by atoms with van der Waals surface area (Å²) >= 11 is 0. The Balaban J connectivity index is 1.65. The maximum atomic E-state index is 12.5. The van der Waals surface area contributed by atoms with Crippen molar-refractivity contribution in [3.05, 3.63) is 59.8 Å². The molecule has 0 radical (unpaired) electrons. The summed E-state index contributed by atoms with van der Waals surface area (Å²) in [7, 11) is -3.18. The van der Waals surface area contributed by atoms with Crippen LogP contribution in [0.4, 0.5) is 0 Å². The van der Waals surface area contributed by atoms with Crippen LogP contribution >= 0.6 is 0 Å². The molecule has 3 aromatic rings. The van der Waals surface area contributed by atoms with E-state index in [4.69, 9.17) is 5.73 Å². The number of fused-ring (bicyclic) bond motifs is 1. The van der Waals surface area contributed by atoms with E-state index in [0.29, 0.717) is 25.1 Å². The Labute approximate surface area is 183 Å². The fraction of sp³-hybridized carbons (Fsp3) is 0.375. The highest BCUT2D eigenvalue weighted by atomic mass is 32.2. The Kier molecular flexibility index (Phi) is 6.16. The van der Waals surface area contributed by atoms with Crippen LogP contribution in [0.15, 0.2) is 48.7 Å². The van der Waals surface area contributed by atoms with Gasteiger partial charge in [-0.1, -0.05) is 43.7 Å². The van der Waals surface area contributed by atoms with Crippen molar-refractivity contribution in [1.82, 2.24) is 9.29 Å². The van der Waals surface area contributed by atoms with E-state index in [1.165, 1.54) is 0 Å². The van der Waals surface area contributed by atoms with Gasteiger partial charge in [0.05, 0.1) is 16.8 Å². The fourth-order valence-electron chi connectivity index (χ4n) is 4.48. The van der Waals surface area contributed by atoms with Crippen LogP contribution in [0.1, 0.15) is 54.4 Å². The highest BCUT2D eigenvalue weighted by molar-refractivity contribution is 7.89. The van der Waals surface area contributed by atoms with Crippen LogP contribution in [0, 0.1) is 0 Å². The van der Waals surface area contributed by atoms with Crippen LogP contribution in [0.25, 0.3) is 22.0 Å². The van der Waals surface area contributed by atoms with E-state index in [1.807, 2.05) is 49.5 Å². The summed E-state index contributed by atoms with van der Waals surface area (Å²) in [5.74, 6) is -0.00457. The molecule has 1 aliphatic heterocycles. The van der Waals surface area contributed by atoms with Gasteiger partial charge in [-0.05, 0) is 54.0 Å². The molecule has 1 saturated heterocycles. The molecule has 164 valence electrons. The van der Waals surface area contributed by atoms with Crippen LogP contribution in [0.5, 0.6) is 0 Å². The Morgan fingerprint density at radius 3 is 2.48 bits per heavy atom. The number of carbonyl (C=O) groups is 1. The number of amides is 1. The molecule has 0 aliphatic carbocycles. The first-order valence-corrected chi connectivity index (χ1v) is 12.5. The summed E-state index contributed by atoms with van der Waals surface area (Å²) in [6.45, 7) is 3.07. The van der Waals surface area contributed by atoms with Crippen molar-refractivity contribution in [2.75, 3.05) is 18.8 Å². The average molecular weight is 440 g/mol. The van der Waals surface area contributed by atoms with Gasteiger partial charge in [0.1, 0.15) is 0 Å². The molecule has 2 heterocycles. The second-order valence-electron chi connectivity index (χ2n) is 8.26. The zero-order valence-electron chi connectivity index (χ0n) is 17.8. The summed E-state index contributed by atoms with van der Waals surface area (Å²) in [6, 6.07) is 13.9. The second-order valence-corrected chi connectivity index (χ2v) is 10.4. The lowest BCUT2D eigenvalue weighted by Crippen LogP contribution is -2.39. The smallest absolute Gasteiger partial charge is 0.250 e. The van der Waals surface area contributed by atoms with E-state index in [1.54, 1.807) is 4.31 Å². The molecule has 0 atom stereocenters. The van der Waals surface area contributed by atoms with Gasteiger partial charge in [-0.2, -0.15) is 0 Å². The molecule has 31 heavy (non-hydrogen) atoms. The lowest BCUT2D eigenvalue weighted by atomic mass is 9.88. The number of aromatic amines is 1. The predicted octanol–water partition coefficient (Wildman–Crippen LogP) is 4.24. The first-order chi connectivity index (χ1) is 14.9. The normalized spacial score (nSPS) is 16.0. The first kappa shape index (κ1) is 21.6. The maximum absolute atomic E-state index is 12.5. The fourth-order valence-corrected chi connectivity index (χ4v) is 6.16. The van der Waals surface area contributed by atoms with Gasteiger partial charge in [0.15, 0.2) is 0 Å². The molecule has 0 saturated carbocycles. The summed E-state index contributed by atoms with van der Waals surface area (Å²) < 4.78 is 26.7. The number of hydrogen-bond donors (Lipinski definition) is 2. The molecule has 1 amide bonds. The van der Waals surface area contributed by atoms with Gasteiger partial charge in [0.25, 0.3) is 5.91 Å². The molecular weight excluding hydrogens is 410 g/mol. The van der Waals surface area contributed by atoms with Crippen LogP contribution in [0.3, 0.4) is 0 Å².